The van der Waals surface area contributed by atoms with Gasteiger partial charge >= 0.3 is 0 Å². The molecule has 0 bridgehead atoms. The van der Waals surface area contributed by atoms with Crippen LogP contribution in [0.25, 0.3) is 10.8 Å². The summed E-state index contributed by atoms with van der Waals surface area (Å²) in [5.74, 6) is 1.88. The summed E-state index contributed by atoms with van der Waals surface area (Å²) in [6, 6.07) is 11.5. The second-order valence-electron chi connectivity index (χ2n) is 4.49. The summed E-state index contributed by atoms with van der Waals surface area (Å²) in [5, 5.41) is 13.5. The fourth-order valence-corrected chi connectivity index (χ4v) is 2.61. The summed E-state index contributed by atoms with van der Waals surface area (Å²) in [4.78, 5) is 0.971. The van der Waals surface area contributed by atoms with Gasteiger partial charge < -0.3 is 14.5 Å². The van der Waals surface area contributed by atoms with Gasteiger partial charge in [-0.1, -0.05) is 18.2 Å². The Bertz CT molecular complexity index is 709. The lowest BCUT2D eigenvalue weighted by molar-refractivity contribution is 0.415. The zero-order valence-corrected chi connectivity index (χ0v) is 12.6. The zero-order valence-electron chi connectivity index (χ0n) is 11.7. The molecule has 3 aromatic rings. The average Bonchev–Trinajstić information content (AvgIpc) is 3.18. The highest BCUT2D eigenvalue weighted by molar-refractivity contribution is 7.13. The molecule has 0 spiro atoms. The number of aromatic nitrogens is 2. The van der Waals surface area contributed by atoms with Crippen LogP contribution < -0.4 is 10.1 Å². The predicted molar refractivity (Wildman–Crippen MR) is 82.6 cm³/mol. The lowest BCUT2D eigenvalue weighted by atomic mass is 10.2. The van der Waals surface area contributed by atoms with Crippen LogP contribution in [0, 0.1) is 0 Å². The van der Waals surface area contributed by atoms with E-state index in [1.165, 1.54) is 0 Å². The van der Waals surface area contributed by atoms with Crippen LogP contribution in [0.2, 0.25) is 0 Å². The quantitative estimate of drug-likeness (QED) is 0.772. The first-order valence-corrected chi connectivity index (χ1v) is 7.42. The molecule has 6 heteroatoms. The Balaban J connectivity index is 1.78. The minimum absolute atomic E-state index is 0.109. The number of ether oxygens (including phenoxy) is 1. The van der Waals surface area contributed by atoms with Gasteiger partial charge in [-0.25, -0.2) is 0 Å². The van der Waals surface area contributed by atoms with Crippen LogP contribution in [0.3, 0.4) is 0 Å². The van der Waals surface area contributed by atoms with Crippen molar-refractivity contribution in [2.24, 2.45) is 0 Å². The Morgan fingerprint density at radius 1 is 1.19 bits per heavy atom. The van der Waals surface area contributed by atoms with Gasteiger partial charge in [0.25, 0.3) is 5.89 Å². The fourth-order valence-electron chi connectivity index (χ4n) is 1.97. The Morgan fingerprint density at radius 2 is 2.05 bits per heavy atom. The largest absolute Gasteiger partial charge is 0.495 e. The topological polar surface area (TPSA) is 60.2 Å². The molecule has 5 nitrogen and oxygen atoms in total. The van der Waals surface area contributed by atoms with Gasteiger partial charge in [-0.2, -0.15) is 0 Å². The van der Waals surface area contributed by atoms with Gasteiger partial charge in [0, 0.05) is 0 Å². The maximum atomic E-state index is 5.72. The van der Waals surface area contributed by atoms with Gasteiger partial charge in [-0.3, -0.25) is 0 Å². The van der Waals surface area contributed by atoms with Crippen LogP contribution in [0.15, 0.2) is 46.2 Å². The molecule has 21 heavy (non-hydrogen) atoms. The first kappa shape index (κ1) is 13.6. The number of hydrogen-bond donors (Lipinski definition) is 1. The average molecular weight is 301 g/mol. The lowest BCUT2D eigenvalue weighted by Crippen LogP contribution is -2.08. The van der Waals surface area contributed by atoms with Crippen molar-refractivity contribution in [1.82, 2.24) is 10.2 Å². The highest BCUT2D eigenvalue weighted by atomic mass is 32.1. The van der Waals surface area contributed by atoms with E-state index in [9.17, 15) is 0 Å². The SMILES string of the molecule is COc1ccccc1NC(C)c1nnc(-c2cccs2)o1. The van der Waals surface area contributed by atoms with E-state index in [2.05, 4.69) is 15.5 Å². The summed E-state index contributed by atoms with van der Waals surface area (Å²) >= 11 is 1.57. The van der Waals surface area contributed by atoms with E-state index >= 15 is 0 Å². The van der Waals surface area contributed by atoms with Crippen molar-refractivity contribution in [2.45, 2.75) is 13.0 Å². The van der Waals surface area contributed by atoms with Gasteiger partial charge in [0.2, 0.25) is 5.89 Å². The molecular weight excluding hydrogens is 286 g/mol. The van der Waals surface area contributed by atoms with Crippen LogP contribution in [0.5, 0.6) is 5.75 Å². The minimum atomic E-state index is -0.109. The number of para-hydroxylation sites is 2. The summed E-state index contributed by atoms with van der Waals surface area (Å²) in [5.41, 5.74) is 0.892. The summed E-state index contributed by atoms with van der Waals surface area (Å²) in [7, 11) is 1.65. The molecule has 1 atom stereocenters. The third-order valence-electron chi connectivity index (χ3n) is 3.02. The number of hydrogen-bond acceptors (Lipinski definition) is 6. The standard InChI is InChI=1S/C15H15N3O2S/c1-10(16-11-6-3-4-7-12(11)19-2)14-17-18-15(20-14)13-8-5-9-21-13/h3-10,16H,1-2H3. The summed E-state index contributed by atoms with van der Waals surface area (Å²) in [6.45, 7) is 1.97. The van der Waals surface area contributed by atoms with E-state index in [1.807, 2.05) is 48.7 Å². The van der Waals surface area contributed by atoms with Gasteiger partial charge in [0.15, 0.2) is 0 Å². The molecular formula is C15H15N3O2S. The Labute approximate surface area is 126 Å². The van der Waals surface area contributed by atoms with Gasteiger partial charge in [-0.05, 0) is 30.5 Å². The number of benzene rings is 1. The molecule has 0 radical (unpaired) electrons. The van der Waals surface area contributed by atoms with Gasteiger partial charge in [-0.15, -0.1) is 21.5 Å². The first-order chi connectivity index (χ1) is 10.3. The molecule has 0 saturated heterocycles. The smallest absolute Gasteiger partial charge is 0.257 e. The summed E-state index contributed by atoms with van der Waals surface area (Å²) < 4.78 is 11.0. The molecule has 0 aliphatic rings. The Kier molecular flexibility index (Phi) is 3.87. The molecule has 1 aromatic carbocycles. The lowest BCUT2D eigenvalue weighted by Gasteiger charge is -2.14. The Morgan fingerprint density at radius 3 is 2.81 bits per heavy atom. The van der Waals surface area contributed by atoms with Crippen molar-refractivity contribution >= 4 is 17.0 Å². The normalized spacial score (nSPS) is 12.1. The van der Waals surface area contributed by atoms with E-state index in [-0.39, 0.29) is 6.04 Å². The zero-order chi connectivity index (χ0) is 14.7. The number of nitrogens with zero attached hydrogens (tertiary/aromatic N) is 2. The predicted octanol–water partition coefficient (Wildman–Crippen LogP) is 3.98. The van der Waals surface area contributed by atoms with E-state index in [4.69, 9.17) is 9.15 Å². The number of thiophene rings is 1. The fraction of sp³-hybridized carbons (Fsp3) is 0.200. The van der Waals surface area contributed by atoms with E-state index in [0.29, 0.717) is 11.8 Å². The second-order valence-corrected chi connectivity index (χ2v) is 5.44. The van der Waals surface area contributed by atoms with Crippen molar-refractivity contribution < 1.29 is 9.15 Å². The maximum Gasteiger partial charge on any atom is 0.257 e. The molecule has 3 rings (SSSR count). The van der Waals surface area contributed by atoms with Crippen molar-refractivity contribution in [1.29, 1.82) is 0 Å². The minimum Gasteiger partial charge on any atom is -0.495 e. The molecule has 0 aliphatic carbocycles. The van der Waals surface area contributed by atoms with Gasteiger partial charge in [0.1, 0.15) is 11.8 Å². The third kappa shape index (κ3) is 2.90. The van der Waals surface area contributed by atoms with Crippen LogP contribution >= 0.6 is 11.3 Å². The van der Waals surface area contributed by atoms with E-state index in [0.717, 1.165) is 16.3 Å². The number of anilines is 1. The van der Waals surface area contributed by atoms with Crippen LogP contribution in [0.1, 0.15) is 18.9 Å². The molecule has 1 unspecified atom stereocenters. The van der Waals surface area contributed by atoms with Crippen LogP contribution in [-0.2, 0) is 0 Å². The number of methoxy groups -OCH3 is 1. The molecule has 0 aliphatic heterocycles. The van der Waals surface area contributed by atoms with Crippen LogP contribution in [-0.4, -0.2) is 17.3 Å². The molecule has 0 amide bonds. The molecule has 2 heterocycles. The molecule has 1 N–H and O–H groups in total. The number of nitrogens with one attached hydrogen (secondary N) is 1. The van der Waals surface area contributed by atoms with Crippen molar-refractivity contribution in [2.75, 3.05) is 12.4 Å². The van der Waals surface area contributed by atoms with Gasteiger partial charge in [0.05, 0.1) is 17.7 Å². The third-order valence-corrected chi connectivity index (χ3v) is 3.88. The molecule has 0 saturated carbocycles. The maximum absolute atomic E-state index is 5.72. The summed E-state index contributed by atoms with van der Waals surface area (Å²) in [6.07, 6.45) is 0. The van der Waals surface area contributed by atoms with Crippen molar-refractivity contribution in [3.05, 3.63) is 47.7 Å². The second kappa shape index (κ2) is 5.97. The van der Waals surface area contributed by atoms with E-state index < -0.39 is 0 Å². The molecule has 108 valence electrons. The van der Waals surface area contributed by atoms with Crippen molar-refractivity contribution in [3.8, 4) is 16.5 Å². The molecule has 0 fully saturated rings. The number of rotatable bonds is 5. The highest BCUT2D eigenvalue weighted by Gasteiger charge is 2.16. The Hall–Kier alpha value is -2.34. The molecule has 2 aromatic heterocycles. The first-order valence-electron chi connectivity index (χ1n) is 6.55. The van der Waals surface area contributed by atoms with E-state index in [1.54, 1.807) is 18.4 Å². The van der Waals surface area contributed by atoms with Crippen LogP contribution in [0.4, 0.5) is 5.69 Å². The monoisotopic (exact) mass is 301 g/mol. The highest BCUT2D eigenvalue weighted by Crippen LogP contribution is 2.29. The van der Waals surface area contributed by atoms with Crippen molar-refractivity contribution in [3.63, 3.8) is 0 Å².